The first-order valence-corrected chi connectivity index (χ1v) is 39.4. The summed E-state index contributed by atoms with van der Waals surface area (Å²) in [5.74, 6) is -0.0152. The van der Waals surface area contributed by atoms with E-state index in [2.05, 4.69) is 396 Å². The van der Waals surface area contributed by atoms with Crippen molar-refractivity contribution in [3.8, 4) is 123 Å². The number of hydrogen-bond donors (Lipinski definition) is 0. The van der Waals surface area contributed by atoms with Gasteiger partial charge in [0.25, 0.3) is 0 Å². The lowest BCUT2D eigenvalue weighted by molar-refractivity contribution is 0.660. The predicted octanol–water partition coefficient (Wildman–Crippen LogP) is 27.9. The van der Waals surface area contributed by atoms with Gasteiger partial charge in [0.05, 0.1) is 27.6 Å². The molecule has 3 heterocycles. The molecule has 0 spiro atoms. The second kappa shape index (κ2) is 23.7. The largest absolute Gasteiger partial charge is 0.309 e. The number of benzene rings is 16. The Balaban J connectivity index is 0.664. The molecule has 23 rings (SSSR count). The van der Waals surface area contributed by atoms with Crippen LogP contribution in [0.1, 0.15) is 97.5 Å². The maximum atomic E-state index is 5.37. The summed E-state index contributed by atoms with van der Waals surface area (Å²) in [6.45, 7) is 14.1. The molecule has 16 aromatic carbocycles. The number of rotatable bonds is 9. The van der Waals surface area contributed by atoms with Crippen LogP contribution in [-0.4, -0.2) is 19.3 Å². The van der Waals surface area contributed by atoms with E-state index < -0.39 is 0 Å². The van der Waals surface area contributed by atoms with Gasteiger partial charge in [-0.3, -0.25) is 0 Å². The van der Waals surface area contributed by atoms with Crippen molar-refractivity contribution in [1.82, 2.24) is 19.3 Å². The Hall–Kier alpha value is -13.5. The van der Waals surface area contributed by atoms with Crippen molar-refractivity contribution in [3.05, 3.63) is 396 Å². The second-order valence-corrected chi connectivity index (χ2v) is 33.2. The molecule has 4 aliphatic carbocycles. The van der Waals surface area contributed by atoms with Gasteiger partial charge in [0.1, 0.15) is 5.69 Å². The minimum absolute atomic E-state index is 0.0152. The number of fused-ring (bicyclic) bond motifs is 19. The van der Waals surface area contributed by atoms with E-state index in [1.54, 1.807) is 0 Å². The fourth-order valence-corrected chi connectivity index (χ4v) is 20.6. The summed E-state index contributed by atoms with van der Waals surface area (Å²) in [5, 5.41) is 16.5. The van der Waals surface area contributed by atoms with Crippen LogP contribution in [0.15, 0.2) is 346 Å². The first-order valence-electron chi connectivity index (χ1n) is 39.4. The van der Waals surface area contributed by atoms with Gasteiger partial charge in [0, 0.05) is 71.6 Å². The molecular weight excluding hydrogens is 1350 g/mol. The molecule has 0 amide bonds. The van der Waals surface area contributed by atoms with Gasteiger partial charge in [-0.25, -0.2) is 0 Å². The molecule has 0 aliphatic heterocycles. The number of hydrogen-bond acceptors (Lipinski definition) is 2. The Morgan fingerprint density at radius 1 is 0.232 bits per heavy atom. The van der Waals surface area contributed by atoms with Crippen LogP contribution in [0.25, 0.3) is 177 Å². The highest BCUT2D eigenvalue weighted by Gasteiger charge is 2.39. The van der Waals surface area contributed by atoms with Gasteiger partial charge >= 0.3 is 0 Å². The molecule has 528 valence electrons. The molecule has 1 unspecified atom stereocenters. The fourth-order valence-electron chi connectivity index (χ4n) is 20.6. The molecule has 4 heteroatoms. The van der Waals surface area contributed by atoms with Gasteiger partial charge in [-0.15, -0.1) is 10.2 Å². The van der Waals surface area contributed by atoms with E-state index in [0.717, 1.165) is 72.3 Å². The van der Waals surface area contributed by atoms with Crippen molar-refractivity contribution in [3.63, 3.8) is 0 Å². The van der Waals surface area contributed by atoms with Crippen molar-refractivity contribution in [2.24, 2.45) is 0 Å². The van der Waals surface area contributed by atoms with E-state index in [-0.39, 0.29) is 22.2 Å². The predicted molar refractivity (Wildman–Crippen MR) is 466 cm³/mol. The SMILES string of the molecule is CC1(C)c2ccccc2-c2cc(-c3ccc4c(c3)-c3ccccc3C4c3cccc(-c4c(-c5cccc(-n6c7ccccc7c7cc(-c8ccc9c(c8)-c8ccccc8C9(C)C)ccc76)c5)nnc5ccc(-c6cccc(-n7c8ccccc8c8cc(-c9ccc%10c(c9)-c9ccccc9C%10(C)C)ccc87)c6)cc45)c3)ccc21. The summed E-state index contributed by atoms with van der Waals surface area (Å²) in [5.41, 5.74) is 43.5. The van der Waals surface area contributed by atoms with E-state index in [1.807, 2.05) is 0 Å². The standard InChI is InChI=1S/C108H76N4/c1-106(2)92-35-14-9-29-78(92)86-58-66(41-48-95(86)106)65-40-47-84-85(57-65)77-28-7-8-34-83(77)103(84)72-23-19-24-73(54-72)104-91-63-69(64-22-20-26-75(55-64)111-99-38-17-12-32-81(99)89-61-70(45-52-101(89)111)67-42-49-96-87(59-67)79-30-10-15-36-93(79)107(96,3)4)44-51-98(91)109-110-105(104)74-25-21-27-76(56-74)112-100-39-18-13-33-82(100)90-62-71(46-53-102(90)112)68-43-50-97-88(60-68)80-31-11-16-37-94(80)108(97,5)6/h7-63,103H,1-6H3. The Morgan fingerprint density at radius 2 is 0.607 bits per heavy atom. The van der Waals surface area contributed by atoms with Gasteiger partial charge < -0.3 is 9.13 Å². The van der Waals surface area contributed by atoms with Crippen LogP contribution < -0.4 is 0 Å². The summed E-state index contributed by atoms with van der Waals surface area (Å²) >= 11 is 0. The molecule has 19 aromatic rings. The first kappa shape index (κ1) is 64.5. The van der Waals surface area contributed by atoms with E-state index in [4.69, 9.17) is 10.2 Å². The molecule has 0 bridgehead atoms. The molecule has 0 N–H and O–H groups in total. The Morgan fingerprint density at radius 3 is 1.15 bits per heavy atom. The van der Waals surface area contributed by atoms with Crippen LogP contribution >= 0.6 is 0 Å². The number of nitrogens with zero attached hydrogens (tertiary/aromatic N) is 4. The molecule has 3 aromatic heterocycles. The van der Waals surface area contributed by atoms with Crippen molar-refractivity contribution >= 4 is 54.5 Å². The highest BCUT2D eigenvalue weighted by molar-refractivity contribution is 6.13. The van der Waals surface area contributed by atoms with Crippen LogP contribution in [0.2, 0.25) is 0 Å². The van der Waals surface area contributed by atoms with E-state index in [0.29, 0.717) is 0 Å². The highest BCUT2D eigenvalue weighted by atomic mass is 15.1. The summed E-state index contributed by atoms with van der Waals surface area (Å²) in [6.07, 6.45) is 0. The van der Waals surface area contributed by atoms with E-state index >= 15 is 0 Å². The lowest BCUT2D eigenvalue weighted by Gasteiger charge is -2.21. The Bertz CT molecular complexity index is 7300. The molecule has 0 saturated heterocycles. The molecular formula is C108H76N4. The summed E-state index contributed by atoms with van der Waals surface area (Å²) < 4.78 is 4.89. The van der Waals surface area contributed by atoms with Crippen LogP contribution in [0.3, 0.4) is 0 Å². The van der Waals surface area contributed by atoms with Crippen molar-refractivity contribution in [1.29, 1.82) is 0 Å². The van der Waals surface area contributed by atoms with E-state index in [1.165, 1.54) is 155 Å². The van der Waals surface area contributed by atoms with Crippen LogP contribution in [0, 0.1) is 0 Å². The van der Waals surface area contributed by atoms with Gasteiger partial charge in [-0.2, -0.15) is 0 Å². The lowest BCUT2D eigenvalue weighted by atomic mass is 9.82. The fraction of sp³-hybridized carbons (Fsp3) is 0.0926. The zero-order chi connectivity index (χ0) is 74.6. The summed E-state index contributed by atoms with van der Waals surface area (Å²) in [7, 11) is 0. The Kier molecular flexibility index (Phi) is 13.7. The maximum Gasteiger partial charge on any atom is 0.101 e. The lowest BCUT2D eigenvalue weighted by Crippen LogP contribution is -2.14. The van der Waals surface area contributed by atoms with Crippen LogP contribution in [-0.2, 0) is 16.2 Å². The molecule has 0 radical (unpaired) electrons. The van der Waals surface area contributed by atoms with Crippen molar-refractivity contribution < 1.29 is 0 Å². The molecule has 1 atom stereocenters. The smallest absolute Gasteiger partial charge is 0.101 e. The second-order valence-electron chi connectivity index (χ2n) is 33.2. The third kappa shape index (κ3) is 9.36. The van der Waals surface area contributed by atoms with Crippen molar-refractivity contribution in [2.45, 2.75) is 63.7 Å². The van der Waals surface area contributed by atoms with Crippen LogP contribution in [0.5, 0.6) is 0 Å². The van der Waals surface area contributed by atoms with Gasteiger partial charge in [-0.1, -0.05) is 290 Å². The maximum absolute atomic E-state index is 5.37. The monoisotopic (exact) mass is 1430 g/mol. The molecule has 4 nitrogen and oxygen atoms in total. The molecule has 0 fully saturated rings. The topological polar surface area (TPSA) is 35.6 Å². The Labute approximate surface area is 651 Å². The minimum Gasteiger partial charge on any atom is -0.309 e. The zero-order valence-corrected chi connectivity index (χ0v) is 63.3. The van der Waals surface area contributed by atoms with Crippen molar-refractivity contribution in [2.75, 3.05) is 0 Å². The highest BCUT2D eigenvalue weighted by Crippen LogP contribution is 2.56. The van der Waals surface area contributed by atoms with E-state index in [9.17, 15) is 0 Å². The molecule has 4 aliphatic rings. The van der Waals surface area contributed by atoms with Crippen LogP contribution in [0.4, 0.5) is 0 Å². The van der Waals surface area contributed by atoms with Gasteiger partial charge in [-0.05, 0) is 242 Å². The number of para-hydroxylation sites is 2. The summed E-state index contributed by atoms with van der Waals surface area (Å²) in [4.78, 5) is 0. The third-order valence-corrected chi connectivity index (χ3v) is 26.1. The minimum atomic E-state index is -0.0616. The summed E-state index contributed by atoms with van der Waals surface area (Å²) in [6, 6.07) is 130. The van der Waals surface area contributed by atoms with Gasteiger partial charge in [0.15, 0.2) is 0 Å². The van der Waals surface area contributed by atoms with Gasteiger partial charge in [0.2, 0.25) is 0 Å². The molecule has 0 saturated carbocycles. The average molecular weight is 1430 g/mol. The molecule has 112 heavy (non-hydrogen) atoms. The average Bonchev–Trinajstić information content (AvgIpc) is 1.58. The quantitative estimate of drug-likeness (QED) is 0.144. The zero-order valence-electron chi connectivity index (χ0n) is 63.3. The first-order chi connectivity index (χ1) is 54.8. The normalized spacial score (nSPS) is 14.8. The third-order valence-electron chi connectivity index (χ3n) is 26.1. The number of aromatic nitrogens is 4.